The van der Waals surface area contributed by atoms with E-state index in [2.05, 4.69) is 4.72 Å². The van der Waals surface area contributed by atoms with Gasteiger partial charge in [-0.3, -0.25) is 0 Å². The second-order valence-corrected chi connectivity index (χ2v) is 7.28. The van der Waals surface area contributed by atoms with E-state index >= 15 is 0 Å². The molecule has 1 aliphatic rings. The summed E-state index contributed by atoms with van der Waals surface area (Å²) in [4.78, 5) is 11.1. The number of aryl methyl sites for hydroxylation is 1. The van der Waals surface area contributed by atoms with Crippen LogP contribution in [0.15, 0.2) is 23.1 Å². The molecule has 0 aromatic heterocycles. The number of aromatic carboxylic acids is 1. The predicted molar refractivity (Wildman–Crippen MR) is 83.1 cm³/mol. The van der Waals surface area contributed by atoms with Crippen molar-refractivity contribution in [1.82, 2.24) is 4.72 Å². The van der Waals surface area contributed by atoms with Crippen LogP contribution in [0.1, 0.15) is 29.3 Å². The summed E-state index contributed by atoms with van der Waals surface area (Å²) < 4.78 is 38.2. The fourth-order valence-corrected chi connectivity index (χ4v) is 3.93. The van der Waals surface area contributed by atoms with E-state index in [0.29, 0.717) is 18.8 Å². The number of nitrogens with one attached hydrogen (secondary N) is 1. The highest BCUT2D eigenvalue weighted by molar-refractivity contribution is 7.89. The molecule has 0 spiro atoms. The van der Waals surface area contributed by atoms with E-state index in [9.17, 15) is 18.3 Å². The molecule has 0 amide bonds. The van der Waals surface area contributed by atoms with Gasteiger partial charge in [0.05, 0.1) is 29.8 Å². The van der Waals surface area contributed by atoms with Gasteiger partial charge in [-0.1, -0.05) is 12.1 Å². The fraction of sp³-hybridized carbons (Fsp3) is 0.533. The van der Waals surface area contributed by atoms with E-state index in [-0.39, 0.29) is 23.2 Å². The number of rotatable bonds is 7. The molecular formula is C15H21NO6S. The topological polar surface area (TPSA) is 102 Å². The highest BCUT2D eigenvalue weighted by Crippen LogP contribution is 2.20. The molecule has 1 aliphatic heterocycles. The lowest BCUT2D eigenvalue weighted by Gasteiger charge is -2.18. The van der Waals surface area contributed by atoms with Gasteiger partial charge < -0.3 is 14.6 Å². The molecular weight excluding hydrogens is 322 g/mol. The van der Waals surface area contributed by atoms with Crippen molar-refractivity contribution in [3.63, 3.8) is 0 Å². The second kappa shape index (κ2) is 7.39. The minimum atomic E-state index is -3.95. The number of carboxylic acids is 1. The molecule has 0 aliphatic carbocycles. The van der Waals surface area contributed by atoms with Crippen LogP contribution in [0.3, 0.4) is 0 Å². The average Bonchev–Trinajstić information content (AvgIpc) is 2.97. The Morgan fingerprint density at radius 3 is 2.87 bits per heavy atom. The molecule has 0 saturated carbocycles. The van der Waals surface area contributed by atoms with Crippen LogP contribution in [0.2, 0.25) is 0 Å². The Bertz CT molecular complexity index is 667. The number of ether oxygens (including phenoxy) is 2. The third-order valence-corrected chi connectivity index (χ3v) is 5.20. The number of carbonyl (C=O) groups is 1. The van der Waals surface area contributed by atoms with Gasteiger partial charge >= 0.3 is 5.97 Å². The van der Waals surface area contributed by atoms with Gasteiger partial charge in [0.25, 0.3) is 0 Å². The van der Waals surface area contributed by atoms with E-state index in [1.54, 1.807) is 19.9 Å². The Balaban J connectivity index is 2.09. The summed E-state index contributed by atoms with van der Waals surface area (Å²) in [6.45, 7) is 4.59. The summed E-state index contributed by atoms with van der Waals surface area (Å²) >= 11 is 0. The van der Waals surface area contributed by atoms with Crippen molar-refractivity contribution < 1.29 is 27.8 Å². The van der Waals surface area contributed by atoms with Gasteiger partial charge in [-0.25, -0.2) is 17.9 Å². The number of sulfonamides is 1. The van der Waals surface area contributed by atoms with Crippen LogP contribution >= 0.6 is 0 Å². The largest absolute Gasteiger partial charge is 0.478 e. The van der Waals surface area contributed by atoms with Crippen LogP contribution in [0.5, 0.6) is 0 Å². The Kier molecular flexibility index (Phi) is 5.74. The molecule has 7 nitrogen and oxygen atoms in total. The molecule has 128 valence electrons. The van der Waals surface area contributed by atoms with E-state index in [4.69, 9.17) is 9.47 Å². The maximum atomic E-state index is 12.5. The van der Waals surface area contributed by atoms with Crippen molar-refractivity contribution >= 4 is 16.0 Å². The zero-order chi connectivity index (χ0) is 17.0. The fourth-order valence-electron chi connectivity index (χ4n) is 2.43. The Labute approximate surface area is 135 Å². The van der Waals surface area contributed by atoms with E-state index in [1.165, 1.54) is 12.1 Å². The van der Waals surface area contributed by atoms with Crippen LogP contribution < -0.4 is 4.72 Å². The molecule has 0 bridgehead atoms. The molecule has 1 fully saturated rings. The van der Waals surface area contributed by atoms with Crippen molar-refractivity contribution in [2.45, 2.75) is 37.3 Å². The van der Waals surface area contributed by atoms with Crippen LogP contribution in [-0.2, 0) is 19.5 Å². The van der Waals surface area contributed by atoms with Crippen molar-refractivity contribution in [1.29, 1.82) is 0 Å². The van der Waals surface area contributed by atoms with Crippen molar-refractivity contribution in [2.75, 3.05) is 19.8 Å². The van der Waals surface area contributed by atoms with Crippen molar-refractivity contribution in [3.8, 4) is 0 Å². The van der Waals surface area contributed by atoms with Gasteiger partial charge in [-0.2, -0.15) is 0 Å². The van der Waals surface area contributed by atoms with Gasteiger partial charge in [0.1, 0.15) is 0 Å². The van der Waals surface area contributed by atoms with Gasteiger partial charge in [0.15, 0.2) is 0 Å². The Morgan fingerprint density at radius 1 is 1.52 bits per heavy atom. The first-order valence-electron chi connectivity index (χ1n) is 7.36. The first kappa shape index (κ1) is 17.9. The monoisotopic (exact) mass is 343 g/mol. The van der Waals surface area contributed by atoms with E-state index < -0.39 is 22.0 Å². The average molecular weight is 343 g/mol. The second-order valence-electron chi connectivity index (χ2n) is 5.59. The summed E-state index contributed by atoms with van der Waals surface area (Å²) in [7, 11) is -3.95. The van der Waals surface area contributed by atoms with Crippen molar-refractivity contribution in [3.05, 3.63) is 29.3 Å². The molecule has 1 aromatic carbocycles. The number of benzene rings is 1. The normalized spacial score (nSPS) is 19.7. The van der Waals surface area contributed by atoms with Crippen LogP contribution in [0.4, 0.5) is 0 Å². The van der Waals surface area contributed by atoms with E-state index in [0.717, 1.165) is 6.42 Å². The zero-order valence-corrected chi connectivity index (χ0v) is 13.9. The lowest BCUT2D eigenvalue weighted by molar-refractivity contribution is 0.0353. The molecule has 2 rings (SSSR count). The molecule has 8 heteroatoms. The molecule has 2 unspecified atom stereocenters. The highest BCUT2D eigenvalue weighted by atomic mass is 32.2. The van der Waals surface area contributed by atoms with Crippen LogP contribution in [-0.4, -0.2) is 51.5 Å². The molecule has 2 atom stereocenters. The molecule has 0 radical (unpaired) electrons. The summed E-state index contributed by atoms with van der Waals surface area (Å²) in [5, 5.41) is 9.26. The number of hydrogen-bond donors (Lipinski definition) is 2. The zero-order valence-electron chi connectivity index (χ0n) is 13.1. The standard InChI is InChI=1S/C15H21NO6S/c1-10-4-3-5-13(14(10)15(17)18)23(19,20)16-11(2)8-22-12-6-7-21-9-12/h3-5,11-12,16H,6-9H2,1-2H3,(H,17,18). The summed E-state index contributed by atoms with van der Waals surface area (Å²) in [6.07, 6.45) is 0.774. The van der Waals surface area contributed by atoms with Crippen LogP contribution in [0.25, 0.3) is 0 Å². The first-order chi connectivity index (χ1) is 10.8. The predicted octanol–water partition coefficient (Wildman–Crippen LogP) is 1.17. The van der Waals surface area contributed by atoms with E-state index in [1.807, 2.05) is 0 Å². The molecule has 1 heterocycles. The minimum Gasteiger partial charge on any atom is -0.478 e. The molecule has 2 N–H and O–H groups in total. The van der Waals surface area contributed by atoms with Crippen LogP contribution in [0, 0.1) is 6.92 Å². The Hall–Kier alpha value is -1.48. The molecule has 1 saturated heterocycles. The quantitative estimate of drug-likeness (QED) is 0.770. The third-order valence-electron chi connectivity index (χ3n) is 3.56. The van der Waals surface area contributed by atoms with Gasteiger partial charge in [-0.15, -0.1) is 0 Å². The van der Waals surface area contributed by atoms with Gasteiger partial charge in [-0.05, 0) is 31.9 Å². The lowest BCUT2D eigenvalue weighted by Crippen LogP contribution is -2.37. The lowest BCUT2D eigenvalue weighted by atomic mass is 10.1. The Morgan fingerprint density at radius 2 is 2.26 bits per heavy atom. The van der Waals surface area contributed by atoms with Gasteiger partial charge in [0, 0.05) is 12.6 Å². The first-order valence-corrected chi connectivity index (χ1v) is 8.84. The van der Waals surface area contributed by atoms with Crippen molar-refractivity contribution in [2.24, 2.45) is 0 Å². The summed E-state index contributed by atoms with van der Waals surface area (Å²) in [5.41, 5.74) is 0.185. The summed E-state index contributed by atoms with van der Waals surface area (Å²) in [6, 6.07) is 3.89. The maximum absolute atomic E-state index is 12.5. The molecule has 23 heavy (non-hydrogen) atoms. The smallest absolute Gasteiger partial charge is 0.337 e. The summed E-state index contributed by atoms with van der Waals surface area (Å²) in [5.74, 6) is -1.27. The van der Waals surface area contributed by atoms with Gasteiger partial charge in [0.2, 0.25) is 10.0 Å². The highest BCUT2D eigenvalue weighted by Gasteiger charge is 2.26. The maximum Gasteiger partial charge on any atom is 0.337 e. The number of carboxylic acid groups (broad SMARTS) is 1. The third kappa shape index (κ3) is 4.51. The molecule has 1 aromatic rings. The SMILES string of the molecule is Cc1cccc(S(=O)(=O)NC(C)COC2CCOC2)c1C(=O)O. The minimum absolute atomic E-state index is 0.0181. The number of hydrogen-bond acceptors (Lipinski definition) is 5.